The third-order valence-corrected chi connectivity index (χ3v) is 1.81. The second-order valence-electron chi connectivity index (χ2n) is 2.49. The predicted octanol–water partition coefficient (Wildman–Crippen LogP) is -0.327. The predicted molar refractivity (Wildman–Crippen MR) is 39.3 cm³/mol. The van der Waals surface area contributed by atoms with Crippen LogP contribution >= 0.6 is 0 Å². The van der Waals surface area contributed by atoms with Crippen LogP contribution in [0.5, 0.6) is 0 Å². The largest absolute Gasteiger partial charge is 0.379 e. The van der Waals surface area contributed by atoms with E-state index in [9.17, 15) is 4.79 Å². The van der Waals surface area contributed by atoms with Crippen molar-refractivity contribution < 1.29 is 4.79 Å². The number of nitrogens with one attached hydrogen (secondary N) is 2. The molecule has 3 heteroatoms. The van der Waals surface area contributed by atoms with Crippen LogP contribution in [0.1, 0.15) is 12.8 Å². The highest BCUT2D eigenvalue weighted by Gasteiger charge is 2.14. The van der Waals surface area contributed by atoms with E-state index in [0.29, 0.717) is 11.7 Å². The number of rotatable bonds is 1. The summed E-state index contributed by atoms with van der Waals surface area (Å²) in [6.07, 6.45) is 1.88. The summed E-state index contributed by atoms with van der Waals surface area (Å²) < 4.78 is 0. The minimum Gasteiger partial charge on any atom is -0.379 e. The van der Waals surface area contributed by atoms with E-state index in [4.69, 9.17) is 0 Å². The second-order valence-corrected chi connectivity index (χ2v) is 2.49. The van der Waals surface area contributed by atoms with Gasteiger partial charge in [-0.2, -0.15) is 0 Å². The maximum atomic E-state index is 10.2. The molecule has 0 saturated carbocycles. The van der Waals surface area contributed by atoms with Gasteiger partial charge in [-0.1, -0.05) is 0 Å². The molecule has 2 N–H and O–H groups in total. The van der Waals surface area contributed by atoms with Crippen LogP contribution in [0.25, 0.3) is 0 Å². The first-order valence-electron chi connectivity index (χ1n) is 3.52. The van der Waals surface area contributed by atoms with Crippen LogP contribution < -0.4 is 10.6 Å². The zero-order chi connectivity index (χ0) is 7.40. The highest BCUT2D eigenvalue weighted by Crippen LogP contribution is 2.07. The highest BCUT2D eigenvalue weighted by atomic mass is 16.1. The fourth-order valence-corrected chi connectivity index (χ4v) is 1.14. The van der Waals surface area contributed by atoms with Crippen molar-refractivity contribution >= 4 is 5.94 Å². The van der Waals surface area contributed by atoms with Gasteiger partial charge in [0.1, 0.15) is 5.94 Å². The van der Waals surface area contributed by atoms with Gasteiger partial charge < -0.3 is 10.6 Å². The molecule has 3 nitrogen and oxygen atoms in total. The summed E-state index contributed by atoms with van der Waals surface area (Å²) in [5.41, 5.74) is 0.700. The van der Waals surface area contributed by atoms with E-state index in [-0.39, 0.29) is 0 Å². The topological polar surface area (TPSA) is 41.1 Å². The van der Waals surface area contributed by atoms with Crippen LogP contribution in [0.3, 0.4) is 0 Å². The number of carbonyl (C=O) groups excluding carboxylic acids is 1. The number of hydrogen-bond acceptors (Lipinski definition) is 3. The van der Waals surface area contributed by atoms with Crippen molar-refractivity contribution in [1.29, 1.82) is 0 Å². The lowest BCUT2D eigenvalue weighted by molar-refractivity contribution is 0.451. The Morgan fingerprint density at radius 3 is 3.20 bits per heavy atom. The zero-order valence-corrected chi connectivity index (χ0v) is 6.11. The fourth-order valence-electron chi connectivity index (χ4n) is 1.14. The molecule has 1 fully saturated rings. The minimum absolute atomic E-state index is 0.456. The summed E-state index contributed by atoms with van der Waals surface area (Å²) in [6.45, 7) is 0.885. The normalized spacial score (nSPS) is 25.3. The van der Waals surface area contributed by atoms with Crippen LogP contribution in [-0.4, -0.2) is 25.6 Å². The molecule has 0 aromatic rings. The van der Waals surface area contributed by atoms with Gasteiger partial charge in [0.25, 0.3) is 0 Å². The van der Waals surface area contributed by atoms with Gasteiger partial charge in [-0.05, 0) is 13.5 Å². The minimum atomic E-state index is 0.456. The molecule has 1 saturated heterocycles. The fraction of sp³-hybridized carbons (Fsp3) is 0.714. The van der Waals surface area contributed by atoms with Crippen molar-refractivity contribution in [3.05, 3.63) is 5.70 Å². The first kappa shape index (κ1) is 7.32. The van der Waals surface area contributed by atoms with Crippen molar-refractivity contribution in [2.75, 3.05) is 13.6 Å². The summed E-state index contributed by atoms with van der Waals surface area (Å²) in [4.78, 5) is 10.2. The van der Waals surface area contributed by atoms with Gasteiger partial charge in [0.15, 0.2) is 0 Å². The monoisotopic (exact) mass is 140 g/mol. The molecule has 10 heavy (non-hydrogen) atoms. The van der Waals surface area contributed by atoms with E-state index in [0.717, 1.165) is 19.4 Å². The van der Waals surface area contributed by atoms with Crippen molar-refractivity contribution in [2.45, 2.75) is 18.9 Å². The summed E-state index contributed by atoms with van der Waals surface area (Å²) in [7, 11) is 1.92. The van der Waals surface area contributed by atoms with Crippen LogP contribution in [0.2, 0.25) is 0 Å². The van der Waals surface area contributed by atoms with E-state index in [2.05, 4.69) is 10.6 Å². The molecule has 0 spiro atoms. The third-order valence-electron chi connectivity index (χ3n) is 1.81. The van der Waals surface area contributed by atoms with Crippen molar-refractivity contribution in [2.24, 2.45) is 0 Å². The van der Waals surface area contributed by atoms with E-state index in [1.54, 1.807) is 0 Å². The Balaban J connectivity index is 2.47. The average Bonchev–Trinajstić information content (AvgIpc) is 2.05. The van der Waals surface area contributed by atoms with Crippen LogP contribution in [-0.2, 0) is 4.79 Å². The molecule has 1 rings (SSSR count). The maximum Gasteiger partial charge on any atom is 0.145 e. The summed E-state index contributed by atoms with van der Waals surface area (Å²) in [6, 6.07) is 0.456. The number of hydrogen-bond donors (Lipinski definition) is 2. The van der Waals surface area contributed by atoms with Crippen LogP contribution in [0.15, 0.2) is 5.70 Å². The molecule has 0 aromatic carbocycles. The van der Waals surface area contributed by atoms with E-state index in [1.807, 2.05) is 13.0 Å². The van der Waals surface area contributed by atoms with Crippen LogP contribution in [0.4, 0.5) is 0 Å². The van der Waals surface area contributed by atoms with Gasteiger partial charge in [-0.3, -0.25) is 0 Å². The van der Waals surface area contributed by atoms with Gasteiger partial charge in [-0.15, -0.1) is 0 Å². The Labute approximate surface area is 60.5 Å². The van der Waals surface area contributed by atoms with Crippen LogP contribution in [0, 0.1) is 0 Å². The Morgan fingerprint density at radius 1 is 1.80 bits per heavy atom. The first-order chi connectivity index (χ1) is 4.86. The highest BCUT2D eigenvalue weighted by molar-refractivity contribution is 5.51. The molecule has 1 heterocycles. The molecule has 0 aliphatic carbocycles. The van der Waals surface area contributed by atoms with Crippen molar-refractivity contribution in [1.82, 2.24) is 10.6 Å². The Bertz CT molecular complexity index is 161. The smallest absolute Gasteiger partial charge is 0.145 e. The van der Waals surface area contributed by atoms with Gasteiger partial charge in [0.05, 0.1) is 5.70 Å². The lowest BCUT2D eigenvalue weighted by Gasteiger charge is -2.22. The van der Waals surface area contributed by atoms with Crippen molar-refractivity contribution in [3.63, 3.8) is 0 Å². The Kier molecular flexibility index (Phi) is 2.49. The molecule has 56 valence electrons. The quantitative estimate of drug-likeness (QED) is 0.490. The molecule has 1 aliphatic rings. The Hall–Kier alpha value is -0.790. The molecule has 0 bridgehead atoms. The average molecular weight is 140 g/mol. The molecule has 0 amide bonds. The molecular weight excluding hydrogens is 128 g/mol. The van der Waals surface area contributed by atoms with E-state index in [1.165, 1.54) is 0 Å². The van der Waals surface area contributed by atoms with E-state index < -0.39 is 0 Å². The lowest BCUT2D eigenvalue weighted by atomic mass is 10.1. The maximum absolute atomic E-state index is 10.2. The molecule has 1 unspecified atom stereocenters. The Morgan fingerprint density at radius 2 is 2.60 bits per heavy atom. The SMILES string of the molecule is CNC1CCNC(=C=O)C1. The van der Waals surface area contributed by atoms with Crippen molar-refractivity contribution in [3.8, 4) is 0 Å². The standard InChI is InChI=1S/C7H12N2O/c1-8-6-2-3-9-7(4-6)5-10/h6,8-9H,2-4H2,1H3. The molecule has 0 aromatic heterocycles. The van der Waals surface area contributed by atoms with E-state index >= 15 is 0 Å². The molecular formula is C7H12N2O. The first-order valence-corrected chi connectivity index (χ1v) is 3.52. The van der Waals surface area contributed by atoms with Gasteiger partial charge in [-0.25, -0.2) is 4.79 Å². The van der Waals surface area contributed by atoms with Gasteiger partial charge in [0, 0.05) is 19.0 Å². The molecule has 1 atom stereocenters. The molecule has 0 radical (unpaired) electrons. The van der Waals surface area contributed by atoms with Gasteiger partial charge >= 0.3 is 0 Å². The third kappa shape index (κ3) is 1.59. The van der Waals surface area contributed by atoms with Gasteiger partial charge in [0.2, 0.25) is 0 Å². The lowest BCUT2D eigenvalue weighted by Crippen LogP contribution is -2.37. The summed E-state index contributed by atoms with van der Waals surface area (Å²) in [5, 5.41) is 6.11. The summed E-state index contributed by atoms with van der Waals surface area (Å²) in [5.74, 6) is 1.88. The zero-order valence-electron chi connectivity index (χ0n) is 6.11. The second kappa shape index (κ2) is 3.40. The number of piperidine rings is 1. The molecule has 1 aliphatic heterocycles. The summed E-state index contributed by atoms with van der Waals surface area (Å²) >= 11 is 0.